The first kappa shape index (κ1) is 25.1. The molecule has 0 fully saturated rings. The summed E-state index contributed by atoms with van der Waals surface area (Å²) >= 11 is 0. The Labute approximate surface area is 158 Å². The van der Waals surface area contributed by atoms with E-state index in [-0.39, 0.29) is 0 Å². The van der Waals surface area contributed by atoms with Crippen molar-refractivity contribution in [3.8, 4) is 0 Å². The van der Waals surface area contributed by atoms with Crippen LogP contribution in [-0.4, -0.2) is 41.8 Å². The van der Waals surface area contributed by atoms with Gasteiger partial charge in [0.05, 0.1) is 0 Å². The lowest BCUT2D eigenvalue weighted by molar-refractivity contribution is 0.122. The van der Waals surface area contributed by atoms with Crippen LogP contribution in [0.3, 0.4) is 0 Å². The zero-order valence-electron chi connectivity index (χ0n) is 17.2. The van der Waals surface area contributed by atoms with E-state index >= 15 is 0 Å². The van der Waals surface area contributed by atoms with Gasteiger partial charge in [0.15, 0.2) is 0 Å². The minimum atomic E-state index is -2.34. The molecule has 0 radical (unpaired) electrons. The highest BCUT2D eigenvalue weighted by molar-refractivity contribution is 6.60. The zero-order valence-corrected chi connectivity index (χ0v) is 18.2. The van der Waals surface area contributed by atoms with Gasteiger partial charge in [-0.3, -0.25) is 0 Å². The molecule has 0 amide bonds. The van der Waals surface area contributed by atoms with Gasteiger partial charge in [0, 0.05) is 34.0 Å². The van der Waals surface area contributed by atoms with Crippen molar-refractivity contribution in [2.24, 2.45) is 0 Å². The number of hydrogen-bond donors (Lipinski definition) is 1. The predicted octanol–water partition coefficient (Wildman–Crippen LogP) is 5.71. The molecule has 0 aromatic carbocycles. The Kier molecular flexibility index (Phi) is 18.9. The van der Waals surface area contributed by atoms with Crippen LogP contribution in [0.25, 0.3) is 0 Å². The van der Waals surface area contributed by atoms with Crippen molar-refractivity contribution in [3.05, 3.63) is 0 Å². The Hall–Kier alpha value is 0.0569. The maximum atomic E-state index is 8.72. The maximum absolute atomic E-state index is 8.72. The lowest BCUT2D eigenvalue weighted by atomic mass is 10.0. The van der Waals surface area contributed by atoms with Crippen LogP contribution in [0.15, 0.2) is 0 Å². The van der Waals surface area contributed by atoms with Crippen molar-refractivity contribution in [2.45, 2.75) is 102 Å². The van der Waals surface area contributed by atoms with E-state index in [2.05, 4.69) is 0 Å². The molecular weight excluding hydrogens is 332 g/mol. The molecular formula is C20H44O4Si. The average molecular weight is 377 g/mol. The molecule has 0 atom stereocenters. The summed E-state index contributed by atoms with van der Waals surface area (Å²) in [5.41, 5.74) is 0. The molecule has 0 spiro atoms. The highest BCUT2D eigenvalue weighted by Crippen LogP contribution is 2.18. The van der Waals surface area contributed by atoms with Gasteiger partial charge in [-0.05, 0) is 12.8 Å². The number of hydrogen-bond acceptors (Lipinski definition) is 4. The summed E-state index contributed by atoms with van der Waals surface area (Å²) in [6, 6.07) is 0.927. The molecule has 0 aromatic heterocycles. The molecule has 0 heterocycles. The van der Waals surface area contributed by atoms with Crippen LogP contribution in [0.1, 0.15) is 96.3 Å². The predicted molar refractivity (Wildman–Crippen MR) is 108 cm³/mol. The summed E-state index contributed by atoms with van der Waals surface area (Å²) in [4.78, 5) is 0. The molecule has 0 bridgehead atoms. The Bertz CT molecular complexity index is 252. The van der Waals surface area contributed by atoms with E-state index in [1.807, 2.05) is 0 Å². The van der Waals surface area contributed by atoms with Crippen molar-refractivity contribution in [2.75, 3.05) is 27.9 Å². The Balaban J connectivity index is 3.21. The van der Waals surface area contributed by atoms with Crippen LogP contribution in [0, 0.1) is 0 Å². The van der Waals surface area contributed by atoms with Gasteiger partial charge in [-0.25, -0.2) is 0 Å². The molecule has 152 valence electrons. The van der Waals surface area contributed by atoms with Crippen LogP contribution in [0.5, 0.6) is 0 Å². The van der Waals surface area contributed by atoms with Gasteiger partial charge in [0.25, 0.3) is 0 Å². The first-order valence-electron chi connectivity index (χ1n) is 10.5. The minimum absolute atomic E-state index is 0.357. The third-order valence-corrected chi connectivity index (χ3v) is 7.91. The number of aliphatic hydroxyl groups excluding tert-OH is 1. The standard InChI is InChI=1S/C20H44O4Si/c1-22-25(23-2,24-3)20-18-16-14-12-10-8-6-4-5-7-9-11-13-15-17-19-21/h21H,4-20H2,1-3H3. The van der Waals surface area contributed by atoms with Gasteiger partial charge in [0.1, 0.15) is 0 Å². The number of aliphatic hydroxyl groups is 1. The largest absolute Gasteiger partial charge is 0.500 e. The fourth-order valence-electron chi connectivity index (χ4n) is 3.31. The molecule has 0 aliphatic rings. The van der Waals surface area contributed by atoms with E-state index in [0.717, 1.165) is 18.9 Å². The first-order valence-corrected chi connectivity index (χ1v) is 12.4. The summed E-state index contributed by atoms with van der Waals surface area (Å²) < 4.78 is 16.3. The number of rotatable bonds is 20. The quantitative estimate of drug-likeness (QED) is 0.218. The average Bonchev–Trinajstić information content (AvgIpc) is 2.65. The second-order valence-electron chi connectivity index (χ2n) is 7.07. The lowest BCUT2D eigenvalue weighted by Crippen LogP contribution is -2.42. The molecule has 0 saturated carbocycles. The van der Waals surface area contributed by atoms with Crippen molar-refractivity contribution in [1.82, 2.24) is 0 Å². The van der Waals surface area contributed by atoms with Gasteiger partial charge in [-0.2, -0.15) is 0 Å². The summed E-state index contributed by atoms with van der Waals surface area (Å²) in [6.07, 6.45) is 19.6. The van der Waals surface area contributed by atoms with Crippen LogP contribution >= 0.6 is 0 Å². The Morgan fingerprint density at radius 1 is 0.480 bits per heavy atom. The van der Waals surface area contributed by atoms with Crippen LogP contribution < -0.4 is 0 Å². The van der Waals surface area contributed by atoms with E-state index in [1.165, 1.54) is 83.5 Å². The molecule has 0 aromatic rings. The zero-order chi connectivity index (χ0) is 18.6. The molecule has 0 aliphatic heterocycles. The van der Waals surface area contributed by atoms with Gasteiger partial charge in [0.2, 0.25) is 0 Å². The second kappa shape index (κ2) is 18.8. The normalized spacial score (nSPS) is 12.0. The summed E-state index contributed by atoms with van der Waals surface area (Å²) in [5.74, 6) is 0. The molecule has 25 heavy (non-hydrogen) atoms. The highest BCUT2D eigenvalue weighted by Gasteiger charge is 2.36. The van der Waals surface area contributed by atoms with E-state index in [1.54, 1.807) is 21.3 Å². The monoisotopic (exact) mass is 376 g/mol. The van der Waals surface area contributed by atoms with E-state index in [4.69, 9.17) is 18.4 Å². The van der Waals surface area contributed by atoms with Gasteiger partial charge in [-0.15, -0.1) is 0 Å². The van der Waals surface area contributed by atoms with Gasteiger partial charge >= 0.3 is 8.80 Å². The van der Waals surface area contributed by atoms with Crippen molar-refractivity contribution < 1.29 is 18.4 Å². The van der Waals surface area contributed by atoms with Crippen molar-refractivity contribution >= 4 is 8.80 Å². The molecule has 0 aliphatic carbocycles. The fraction of sp³-hybridized carbons (Fsp3) is 1.00. The topological polar surface area (TPSA) is 47.9 Å². The van der Waals surface area contributed by atoms with Crippen LogP contribution in [-0.2, 0) is 13.3 Å². The maximum Gasteiger partial charge on any atom is 0.500 e. The SMILES string of the molecule is CO[Si](CCCCCCCCCCCCCCCCCO)(OC)OC. The molecule has 5 heteroatoms. The van der Waals surface area contributed by atoms with Crippen molar-refractivity contribution in [3.63, 3.8) is 0 Å². The minimum Gasteiger partial charge on any atom is -0.396 e. The first-order chi connectivity index (χ1) is 12.2. The van der Waals surface area contributed by atoms with Crippen LogP contribution in [0.2, 0.25) is 6.04 Å². The fourth-order valence-corrected chi connectivity index (χ4v) is 5.10. The molecule has 0 unspecified atom stereocenters. The third kappa shape index (κ3) is 14.9. The summed E-state index contributed by atoms with van der Waals surface area (Å²) in [5, 5.41) is 8.72. The van der Waals surface area contributed by atoms with E-state index in [0.29, 0.717) is 6.61 Å². The Morgan fingerprint density at radius 3 is 1.04 bits per heavy atom. The molecule has 1 N–H and O–H groups in total. The van der Waals surface area contributed by atoms with E-state index < -0.39 is 8.80 Å². The van der Waals surface area contributed by atoms with E-state index in [9.17, 15) is 0 Å². The summed E-state index contributed by atoms with van der Waals surface area (Å²) in [7, 11) is 2.74. The molecule has 0 rings (SSSR count). The molecule has 4 nitrogen and oxygen atoms in total. The second-order valence-corrected chi connectivity index (χ2v) is 10.2. The van der Waals surface area contributed by atoms with Gasteiger partial charge in [-0.1, -0.05) is 83.5 Å². The molecule has 0 saturated heterocycles. The smallest absolute Gasteiger partial charge is 0.396 e. The summed E-state index contributed by atoms with van der Waals surface area (Å²) in [6.45, 7) is 0.357. The Morgan fingerprint density at radius 2 is 0.760 bits per heavy atom. The third-order valence-electron chi connectivity index (χ3n) is 5.07. The van der Waals surface area contributed by atoms with Crippen molar-refractivity contribution in [1.29, 1.82) is 0 Å². The number of unbranched alkanes of at least 4 members (excludes halogenated alkanes) is 14. The van der Waals surface area contributed by atoms with Gasteiger partial charge < -0.3 is 18.4 Å². The van der Waals surface area contributed by atoms with Crippen LogP contribution in [0.4, 0.5) is 0 Å². The highest BCUT2D eigenvalue weighted by atomic mass is 28.4. The lowest BCUT2D eigenvalue weighted by Gasteiger charge is -2.24.